The summed E-state index contributed by atoms with van der Waals surface area (Å²) in [5.74, 6) is -17.8. The van der Waals surface area contributed by atoms with Crippen LogP contribution in [0.1, 0.15) is 100 Å². The number of benzene rings is 4. The summed E-state index contributed by atoms with van der Waals surface area (Å²) in [6, 6.07) is 9.74. The topological polar surface area (TPSA) is 557 Å². The van der Waals surface area contributed by atoms with E-state index in [1.807, 2.05) is 6.92 Å². The number of fused-ring (bicyclic) bond motifs is 1. The third-order valence-corrected chi connectivity index (χ3v) is 22.5. The molecular formula is C87H114N20O19S. The van der Waals surface area contributed by atoms with Crippen LogP contribution in [0, 0.1) is 11.8 Å². The lowest BCUT2D eigenvalue weighted by molar-refractivity contribution is -0.151. The van der Waals surface area contributed by atoms with Crippen LogP contribution in [0.4, 0.5) is 0 Å². The molecule has 40 heteroatoms. The molecule has 1 aliphatic heterocycles. The van der Waals surface area contributed by atoms with Gasteiger partial charge in [0.25, 0.3) is 0 Å². The Morgan fingerprint density at radius 3 is 1.55 bits per heavy atom. The molecule has 7 aromatic rings. The number of aromatic nitrogens is 5. The average Bonchev–Trinajstić information content (AvgIpc) is 1.40. The molecule has 682 valence electrons. The van der Waals surface area contributed by atoms with E-state index in [0.29, 0.717) is 57.4 Å². The number of rotatable bonds is 23. The van der Waals surface area contributed by atoms with Gasteiger partial charge in [0.05, 0.1) is 44.5 Å². The number of likely N-dealkylation sites (N-methyl/N-ethyl adjacent to an activating group) is 5. The zero-order chi connectivity index (χ0) is 92.9. The van der Waals surface area contributed by atoms with Gasteiger partial charge in [-0.25, -0.2) is 9.97 Å². The first-order valence-corrected chi connectivity index (χ1v) is 42.7. The van der Waals surface area contributed by atoms with Gasteiger partial charge in [-0.3, -0.25) is 76.7 Å². The second-order valence-corrected chi connectivity index (χ2v) is 33.3. The Bertz CT molecular complexity index is 4980. The number of phenols is 2. The van der Waals surface area contributed by atoms with Crippen molar-refractivity contribution in [1.29, 1.82) is 0 Å². The molecule has 0 saturated carbocycles. The molecule has 0 aliphatic carbocycles. The number of carbonyl (C=O) groups excluding carboxylic acids is 15. The van der Waals surface area contributed by atoms with E-state index in [-0.39, 0.29) is 68.8 Å². The summed E-state index contributed by atoms with van der Waals surface area (Å²) in [5, 5.41) is 55.3. The summed E-state index contributed by atoms with van der Waals surface area (Å²) in [7, 11) is 6.40. The number of carboxylic acid groups (broad SMARTS) is 1. The maximum absolute atomic E-state index is 15.4. The molecule has 127 heavy (non-hydrogen) atoms. The number of nitrogens with one attached hydrogen (secondary N) is 12. The number of hydrogen-bond acceptors (Lipinski definition) is 21. The third kappa shape index (κ3) is 29.5. The summed E-state index contributed by atoms with van der Waals surface area (Å²) in [6.45, 7) is 6.07. The predicted octanol–water partition coefficient (Wildman–Crippen LogP) is -0.227. The number of imidazole rings is 2. The van der Waals surface area contributed by atoms with E-state index in [0.717, 1.165) is 36.3 Å². The lowest BCUT2D eigenvalue weighted by atomic mass is 9.99. The van der Waals surface area contributed by atoms with Crippen molar-refractivity contribution in [3.05, 3.63) is 168 Å². The lowest BCUT2D eigenvalue weighted by Crippen LogP contribution is -2.61. The van der Waals surface area contributed by atoms with Gasteiger partial charge in [-0.15, -0.1) is 11.8 Å². The highest BCUT2D eigenvalue weighted by Crippen LogP contribution is 2.24. The molecule has 1 aliphatic rings. The second kappa shape index (κ2) is 47.4. The summed E-state index contributed by atoms with van der Waals surface area (Å²) in [4.78, 5) is 256. The molecule has 15 amide bonds. The fraction of sp³-hybridized carbons (Fsp3) is 0.448. The van der Waals surface area contributed by atoms with E-state index in [2.05, 4.69) is 72.8 Å². The van der Waals surface area contributed by atoms with Crippen LogP contribution < -0.4 is 53.6 Å². The van der Waals surface area contributed by atoms with Crippen molar-refractivity contribution in [1.82, 2.24) is 97.3 Å². The highest BCUT2D eigenvalue weighted by molar-refractivity contribution is 8.00. The van der Waals surface area contributed by atoms with Crippen molar-refractivity contribution in [3.63, 3.8) is 0 Å². The van der Waals surface area contributed by atoms with Crippen LogP contribution >= 0.6 is 11.8 Å². The first kappa shape index (κ1) is 98.7. The standard InChI is InChI=1S/C87H114N20O19S/c1-11-12-22-68-85(124)104(7)44-73(112)96-64(38-75(114)115)81(120)102-76(50(4)5)87(126)106(9)69(36-55-40-89-47-93-55)82(121)100-65(34-53-25-29-58(109)30-26-53)83(122)103(6)43-72(111)95-63(35-54-39-91-60-21-17-16-20-59(54)60)80(119)99-62(32-52-23-27-57(108)28-24-52)79(118)98-61(31-49(2)3)78(117)101-67(77(116)92-42-71(88)110)45-127-46-74(113)97-66(33-51-18-14-13-15-19-51)84(123)107(10)70(86(125)105(68)8)37-56-41-90-48-94-56/h13-21,23-30,39-41,47-50,61-70,76,91,108-109H,11-12,22,31-38,42-46H2,1-10H3,(H2,88,110)(H,89,93)(H,90,94)(H,92,116)(H,95,111)(H,96,112)(H,97,113)(H,98,118)(H,99,119)(H,100,121)(H,101,117)(H,102,120)(H,114,115). The second-order valence-electron chi connectivity index (χ2n) is 32.2. The molecule has 4 heterocycles. The molecule has 17 N–H and O–H groups in total. The maximum atomic E-state index is 15.4. The smallest absolute Gasteiger partial charge is 0.305 e. The average molecular weight is 1780 g/mol. The molecular weight excluding hydrogens is 1660 g/mol. The molecule has 3 aromatic heterocycles. The van der Waals surface area contributed by atoms with Crippen molar-refractivity contribution in [2.45, 2.75) is 172 Å². The number of unbranched alkanes of at least 4 members (excludes halogenated alkanes) is 1. The number of thioether (sulfide) groups is 1. The number of aliphatic carboxylic acids is 1. The van der Waals surface area contributed by atoms with Gasteiger partial charge in [-0.05, 0) is 77.3 Å². The Kier molecular flexibility index (Phi) is 36.9. The number of para-hydroxylation sites is 1. The zero-order valence-electron chi connectivity index (χ0n) is 72.5. The summed E-state index contributed by atoms with van der Waals surface area (Å²) < 4.78 is 0. The van der Waals surface area contributed by atoms with E-state index < -0.39 is 205 Å². The van der Waals surface area contributed by atoms with Gasteiger partial charge < -0.3 is 108 Å². The number of aromatic amines is 3. The molecule has 1 saturated heterocycles. The van der Waals surface area contributed by atoms with E-state index in [4.69, 9.17) is 5.73 Å². The number of nitrogens with zero attached hydrogens (tertiary/aromatic N) is 7. The van der Waals surface area contributed by atoms with Crippen LogP contribution in [0.25, 0.3) is 10.9 Å². The largest absolute Gasteiger partial charge is 0.508 e. The van der Waals surface area contributed by atoms with Crippen molar-refractivity contribution < 1.29 is 92.0 Å². The fourth-order valence-electron chi connectivity index (χ4n) is 14.5. The molecule has 39 nitrogen and oxygen atoms in total. The number of amides is 15. The van der Waals surface area contributed by atoms with Crippen LogP contribution in [-0.4, -0.2) is 292 Å². The lowest BCUT2D eigenvalue weighted by Gasteiger charge is -2.37. The number of carboxylic acids is 1. The number of aromatic hydroxyl groups is 2. The Morgan fingerprint density at radius 1 is 0.504 bits per heavy atom. The first-order valence-electron chi connectivity index (χ1n) is 41.5. The molecule has 0 spiro atoms. The van der Waals surface area contributed by atoms with Crippen molar-refractivity contribution in [2.75, 3.05) is 66.4 Å². The number of hydrogen-bond donors (Lipinski definition) is 16. The molecule has 11 unspecified atom stereocenters. The van der Waals surface area contributed by atoms with Crippen LogP contribution in [0.3, 0.4) is 0 Å². The third-order valence-electron chi connectivity index (χ3n) is 21.5. The highest BCUT2D eigenvalue weighted by Gasteiger charge is 2.42. The number of primary amides is 1. The quantitative estimate of drug-likeness (QED) is 0.0393. The van der Waals surface area contributed by atoms with Crippen LogP contribution in [0.5, 0.6) is 11.5 Å². The van der Waals surface area contributed by atoms with Crippen LogP contribution in [-0.2, 0) is 115 Å². The molecule has 0 radical (unpaired) electrons. The Morgan fingerprint density at radius 2 is 0.992 bits per heavy atom. The minimum atomic E-state index is -1.92. The summed E-state index contributed by atoms with van der Waals surface area (Å²) in [5.41, 5.74) is 8.61. The van der Waals surface area contributed by atoms with E-state index in [1.165, 1.54) is 109 Å². The van der Waals surface area contributed by atoms with Gasteiger partial charge in [0, 0.05) is 120 Å². The minimum absolute atomic E-state index is 0.0113. The normalized spacial score (nSPS) is 22.1. The van der Waals surface area contributed by atoms with Crippen molar-refractivity contribution in [2.24, 2.45) is 17.6 Å². The van der Waals surface area contributed by atoms with Gasteiger partial charge in [0.1, 0.15) is 78.0 Å². The van der Waals surface area contributed by atoms with E-state index in [1.54, 1.807) is 88.5 Å². The van der Waals surface area contributed by atoms with Crippen LogP contribution in [0.15, 0.2) is 134 Å². The zero-order valence-corrected chi connectivity index (χ0v) is 73.3. The van der Waals surface area contributed by atoms with Gasteiger partial charge in [0.15, 0.2) is 0 Å². The van der Waals surface area contributed by atoms with Crippen molar-refractivity contribution in [3.8, 4) is 11.5 Å². The SMILES string of the molecule is CCCCC1C(=O)N(C)CC(=O)NC(CC(=O)O)C(=O)NC(C(C)C)C(=O)N(C)C(Cc2cnc[nH]2)C(=O)NC(Cc2ccc(O)cc2)C(=O)N(C)CC(=O)NC(Cc2c[nH]c3ccccc23)C(=O)NC(Cc2ccc(O)cc2)C(=O)NC(CC(C)C)C(=O)NC(C(=O)NCC(N)=O)CSCC(=O)NC(Cc2ccccc2)C(=O)N(C)C(Cc2cnc[nH]2)C(=O)N1C. The first-order chi connectivity index (χ1) is 60.4. The van der Waals surface area contributed by atoms with E-state index >= 15 is 33.6 Å². The fourth-order valence-corrected chi connectivity index (χ4v) is 15.3. The molecule has 11 atom stereocenters. The Labute approximate surface area is 738 Å². The monoisotopic (exact) mass is 1770 g/mol. The highest BCUT2D eigenvalue weighted by atomic mass is 32.2. The van der Waals surface area contributed by atoms with E-state index in [9.17, 15) is 58.5 Å². The van der Waals surface area contributed by atoms with Gasteiger partial charge in [0.2, 0.25) is 88.6 Å². The minimum Gasteiger partial charge on any atom is -0.508 e. The van der Waals surface area contributed by atoms with Gasteiger partial charge in [-0.2, -0.15) is 0 Å². The number of H-pyrrole nitrogens is 3. The molecule has 8 rings (SSSR count). The van der Waals surface area contributed by atoms with Gasteiger partial charge in [-0.1, -0.05) is 120 Å². The number of carbonyl (C=O) groups is 16. The molecule has 4 aromatic carbocycles. The Balaban J connectivity index is 1.20. The van der Waals surface area contributed by atoms with Gasteiger partial charge >= 0.3 is 5.97 Å². The Hall–Kier alpha value is -13.7. The maximum Gasteiger partial charge on any atom is 0.305 e. The predicted molar refractivity (Wildman–Crippen MR) is 466 cm³/mol. The van der Waals surface area contributed by atoms with Crippen LogP contribution in [0.2, 0.25) is 0 Å². The summed E-state index contributed by atoms with van der Waals surface area (Å²) in [6.07, 6.45) is 5.22. The number of phenolic OH excluding ortho intramolecular Hbond substituents is 2. The number of nitrogens with two attached hydrogens (primary N) is 1. The molecule has 1 fully saturated rings. The van der Waals surface area contributed by atoms with Crippen molar-refractivity contribution >= 4 is 117 Å². The summed E-state index contributed by atoms with van der Waals surface area (Å²) >= 11 is 0.817. The molecule has 0 bridgehead atoms.